The summed E-state index contributed by atoms with van der Waals surface area (Å²) in [7, 11) is 0. The van der Waals surface area contributed by atoms with Crippen molar-refractivity contribution in [1.82, 2.24) is 0 Å². The Kier molecular flexibility index (Phi) is 4.59. The normalized spacial score (nSPS) is 13.4. The summed E-state index contributed by atoms with van der Waals surface area (Å²) in [6, 6.07) is 17.2. The number of anilines is 1. The Bertz CT molecular complexity index is 914. The number of fused-ring (bicyclic) bond motifs is 1. The number of carboxylic acids is 1. The van der Waals surface area contributed by atoms with Gasteiger partial charge in [-0.05, 0) is 49.1 Å². The molecule has 1 unspecified atom stereocenters. The zero-order valence-corrected chi connectivity index (χ0v) is 14.9. The van der Waals surface area contributed by atoms with E-state index >= 15 is 0 Å². The lowest BCUT2D eigenvalue weighted by Gasteiger charge is -2.23. The Morgan fingerprint density at radius 1 is 1.12 bits per heavy atom. The van der Waals surface area contributed by atoms with Gasteiger partial charge in [0.15, 0.2) is 0 Å². The van der Waals surface area contributed by atoms with Gasteiger partial charge in [-0.2, -0.15) is 0 Å². The van der Waals surface area contributed by atoms with Crippen LogP contribution in [0.25, 0.3) is 10.1 Å². The number of carboxylic acid groups (broad SMARTS) is 1. The third-order valence-corrected chi connectivity index (χ3v) is 5.37. The third kappa shape index (κ3) is 3.56. The van der Waals surface area contributed by atoms with E-state index in [1.807, 2.05) is 55.5 Å². The number of hydrogen-bond acceptors (Lipinski definition) is 3. The first-order valence-corrected chi connectivity index (χ1v) is 8.79. The largest absolute Gasteiger partial charge is 0.480 e. The van der Waals surface area contributed by atoms with Crippen LogP contribution in [0.1, 0.15) is 17.4 Å². The molecule has 25 heavy (non-hydrogen) atoms. The first kappa shape index (κ1) is 17.2. The number of amides is 1. The summed E-state index contributed by atoms with van der Waals surface area (Å²) in [5.74, 6) is -1.64. The Balaban J connectivity index is 1.87. The lowest BCUT2D eigenvalue weighted by molar-refractivity contribution is -0.152. The minimum Gasteiger partial charge on any atom is -0.480 e. The van der Waals surface area contributed by atoms with Gasteiger partial charge in [0.1, 0.15) is 5.41 Å². The van der Waals surface area contributed by atoms with E-state index in [1.54, 1.807) is 6.07 Å². The van der Waals surface area contributed by atoms with Gasteiger partial charge >= 0.3 is 5.97 Å². The molecule has 0 bridgehead atoms. The maximum atomic E-state index is 12.7. The molecule has 1 amide bonds. The van der Waals surface area contributed by atoms with E-state index in [0.717, 1.165) is 20.5 Å². The van der Waals surface area contributed by atoms with Crippen LogP contribution in [0.15, 0.2) is 54.6 Å². The molecule has 1 atom stereocenters. The van der Waals surface area contributed by atoms with Crippen molar-refractivity contribution in [3.63, 3.8) is 0 Å². The highest BCUT2D eigenvalue weighted by atomic mass is 32.1. The zero-order chi connectivity index (χ0) is 18.0. The molecule has 0 aliphatic rings. The quantitative estimate of drug-likeness (QED) is 0.665. The van der Waals surface area contributed by atoms with E-state index in [9.17, 15) is 14.7 Å². The molecule has 3 rings (SSSR count). The van der Waals surface area contributed by atoms with E-state index in [-0.39, 0.29) is 6.42 Å². The number of carbonyl (C=O) groups is 2. The molecular weight excluding hydrogens is 334 g/mol. The van der Waals surface area contributed by atoms with E-state index in [2.05, 4.69) is 5.32 Å². The zero-order valence-electron chi connectivity index (χ0n) is 14.1. The highest BCUT2D eigenvalue weighted by Gasteiger charge is 2.42. The van der Waals surface area contributed by atoms with Gasteiger partial charge in [-0.25, -0.2) is 0 Å². The van der Waals surface area contributed by atoms with Crippen molar-refractivity contribution in [1.29, 1.82) is 0 Å². The minimum atomic E-state index is -1.54. The van der Waals surface area contributed by atoms with Gasteiger partial charge in [-0.15, -0.1) is 11.3 Å². The van der Waals surface area contributed by atoms with Gasteiger partial charge in [0.2, 0.25) is 5.91 Å². The Morgan fingerprint density at radius 2 is 1.88 bits per heavy atom. The van der Waals surface area contributed by atoms with Gasteiger partial charge < -0.3 is 10.4 Å². The first-order chi connectivity index (χ1) is 11.9. The molecule has 0 saturated heterocycles. The number of thiophene rings is 1. The number of carbonyl (C=O) groups excluding carboxylic acids is 1. The van der Waals surface area contributed by atoms with Crippen LogP contribution in [0, 0.1) is 12.3 Å². The predicted octanol–water partition coefficient (Wildman–Crippen LogP) is 4.48. The second kappa shape index (κ2) is 6.69. The van der Waals surface area contributed by atoms with Gasteiger partial charge in [0.25, 0.3) is 0 Å². The van der Waals surface area contributed by atoms with Crippen molar-refractivity contribution in [2.75, 3.05) is 5.32 Å². The van der Waals surface area contributed by atoms with Gasteiger partial charge in [0.05, 0.1) is 0 Å². The van der Waals surface area contributed by atoms with Gasteiger partial charge in [-0.3, -0.25) is 9.59 Å². The lowest BCUT2D eigenvalue weighted by Crippen LogP contribution is -2.42. The van der Waals surface area contributed by atoms with Crippen molar-refractivity contribution in [3.05, 3.63) is 65.0 Å². The molecule has 0 saturated carbocycles. The molecule has 0 aliphatic heterocycles. The number of nitrogens with one attached hydrogen (secondary N) is 1. The summed E-state index contributed by atoms with van der Waals surface area (Å²) < 4.78 is 1.09. The Hall–Kier alpha value is -2.66. The standard InChI is InChI=1S/C20H19NO3S/c1-13-6-5-8-15(10-13)21-18(22)20(2,19(23)24)12-16-11-14-7-3-4-9-17(14)25-16/h3-11H,12H2,1-2H3,(H,21,22)(H,23,24). The van der Waals surface area contributed by atoms with Crippen molar-refractivity contribution in [2.45, 2.75) is 20.3 Å². The van der Waals surface area contributed by atoms with Crippen LogP contribution in [0.3, 0.4) is 0 Å². The summed E-state index contributed by atoms with van der Waals surface area (Å²) >= 11 is 1.52. The van der Waals surface area contributed by atoms with Gasteiger partial charge in [-0.1, -0.05) is 30.3 Å². The van der Waals surface area contributed by atoms with Crippen LogP contribution < -0.4 is 5.32 Å². The highest BCUT2D eigenvalue weighted by molar-refractivity contribution is 7.19. The molecule has 1 aromatic heterocycles. The summed E-state index contributed by atoms with van der Waals surface area (Å²) in [5.41, 5.74) is 0.0677. The smallest absolute Gasteiger partial charge is 0.319 e. The SMILES string of the molecule is Cc1cccc(NC(=O)C(C)(Cc2cc3ccccc3s2)C(=O)O)c1. The summed E-state index contributed by atoms with van der Waals surface area (Å²) in [6.07, 6.45) is 0.152. The summed E-state index contributed by atoms with van der Waals surface area (Å²) in [5, 5.41) is 13.5. The molecule has 2 aromatic carbocycles. The van der Waals surface area contributed by atoms with Crippen molar-refractivity contribution in [3.8, 4) is 0 Å². The number of aliphatic carboxylic acids is 1. The number of benzene rings is 2. The molecule has 128 valence electrons. The fourth-order valence-electron chi connectivity index (χ4n) is 2.72. The fourth-order valence-corrected chi connectivity index (χ4v) is 3.94. The highest BCUT2D eigenvalue weighted by Crippen LogP contribution is 2.32. The van der Waals surface area contributed by atoms with E-state index in [1.165, 1.54) is 18.3 Å². The first-order valence-electron chi connectivity index (χ1n) is 7.97. The molecule has 2 N–H and O–H groups in total. The topological polar surface area (TPSA) is 66.4 Å². The molecule has 1 heterocycles. The Labute approximate surface area is 150 Å². The lowest BCUT2D eigenvalue weighted by atomic mass is 9.85. The summed E-state index contributed by atoms with van der Waals surface area (Å²) in [4.78, 5) is 25.5. The van der Waals surface area contributed by atoms with Crippen molar-refractivity contribution < 1.29 is 14.7 Å². The van der Waals surface area contributed by atoms with Gasteiger partial charge in [0, 0.05) is 21.7 Å². The second-order valence-corrected chi connectivity index (χ2v) is 7.56. The minimum absolute atomic E-state index is 0.152. The molecule has 0 radical (unpaired) electrons. The van der Waals surface area contributed by atoms with Crippen LogP contribution >= 0.6 is 11.3 Å². The van der Waals surface area contributed by atoms with Crippen LogP contribution in [-0.4, -0.2) is 17.0 Å². The van der Waals surface area contributed by atoms with Crippen LogP contribution in [0.4, 0.5) is 5.69 Å². The number of hydrogen-bond donors (Lipinski definition) is 2. The monoisotopic (exact) mass is 353 g/mol. The molecule has 0 aliphatic carbocycles. The number of rotatable bonds is 5. The average molecular weight is 353 g/mol. The fraction of sp³-hybridized carbons (Fsp3) is 0.200. The molecular formula is C20H19NO3S. The van der Waals surface area contributed by atoms with Crippen LogP contribution in [0.2, 0.25) is 0 Å². The van der Waals surface area contributed by atoms with Crippen LogP contribution in [-0.2, 0) is 16.0 Å². The Morgan fingerprint density at radius 3 is 2.56 bits per heavy atom. The average Bonchev–Trinajstić information content (AvgIpc) is 2.96. The molecule has 0 fully saturated rings. The summed E-state index contributed by atoms with van der Waals surface area (Å²) in [6.45, 7) is 3.40. The molecule has 0 spiro atoms. The van der Waals surface area contributed by atoms with E-state index < -0.39 is 17.3 Å². The molecule has 4 nitrogen and oxygen atoms in total. The van der Waals surface area contributed by atoms with E-state index in [0.29, 0.717) is 5.69 Å². The number of aryl methyl sites for hydroxylation is 1. The maximum Gasteiger partial charge on any atom is 0.319 e. The van der Waals surface area contributed by atoms with Crippen molar-refractivity contribution >= 4 is 39.0 Å². The maximum absolute atomic E-state index is 12.7. The third-order valence-electron chi connectivity index (χ3n) is 4.25. The second-order valence-electron chi connectivity index (χ2n) is 6.39. The predicted molar refractivity (Wildman–Crippen MR) is 101 cm³/mol. The molecule has 5 heteroatoms. The molecule has 3 aromatic rings. The van der Waals surface area contributed by atoms with E-state index in [4.69, 9.17) is 0 Å². The van der Waals surface area contributed by atoms with Crippen LogP contribution in [0.5, 0.6) is 0 Å². The van der Waals surface area contributed by atoms with Crippen molar-refractivity contribution in [2.24, 2.45) is 5.41 Å².